The van der Waals surface area contributed by atoms with Crippen molar-refractivity contribution < 1.29 is 23.7 Å². The molecule has 1 fully saturated rings. The molecule has 1 atom stereocenters. The molecule has 1 aromatic rings. The van der Waals surface area contributed by atoms with Gasteiger partial charge in [-0.3, -0.25) is 0 Å². The molecule has 0 aromatic heterocycles. The summed E-state index contributed by atoms with van der Waals surface area (Å²) in [5.74, 6) is 6.47. The van der Waals surface area contributed by atoms with E-state index < -0.39 is 11.8 Å². The Labute approximate surface area is 117 Å². The first kappa shape index (κ1) is 14.2. The third-order valence-corrected chi connectivity index (χ3v) is 2.73. The van der Waals surface area contributed by atoms with Gasteiger partial charge >= 0.3 is 6.16 Å². The van der Waals surface area contributed by atoms with Gasteiger partial charge in [-0.2, -0.15) is 0 Å². The fourth-order valence-corrected chi connectivity index (χ4v) is 1.67. The second-order valence-electron chi connectivity index (χ2n) is 4.51. The van der Waals surface area contributed by atoms with Gasteiger partial charge in [-0.05, 0) is 30.5 Å². The molecule has 0 bridgehead atoms. The number of methoxy groups -OCH3 is 1. The van der Waals surface area contributed by atoms with Crippen molar-refractivity contribution in [1.82, 2.24) is 0 Å². The molecule has 0 radical (unpaired) electrons. The topological polar surface area (TPSA) is 54.0 Å². The molecule has 1 saturated heterocycles. The highest BCUT2D eigenvalue weighted by Gasteiger charge is 2.35. The first-order valence-corrected chi connectivity index (χ1v) is 6.18. The van der Waals surface area contributed by atoms with Crippen molar-refractivity contribution in [1.29, 1.82) is 0 Å². The smallest absolute Gasteiger partial charge is 0.497 e. The summed E-state index contributed by atoms with van der Waals surface area (Å²) in [7, 11) is 1.63. The number of hydrogen-bond acceptors (Lipinski definition) is 5. The highest BCUT2D eigenvalue weighted by Crippen LogP contribution is 2.18. The molecule has 1 heterocycles. The molecular weight excluding hydrogens is 260 g/mol. The maximum atomic E-state index is 10.8. The van der Waals surface area contributed by atoms with Crippen LogP contribution in [0.1, 0.15) is 12.5 Å². The number of carbonyl (C=O) groups is 1. The summed E-state index contributed by atoms with van der Waals surface area (Å²) in [6.07, 6.45) is -0.680. The Bertz CT molecular complexity index is 525. The van der Waals surface area contributed by atoms with Gasteiger partial charge in [-0.25, -0.2) is 4.79 Å². The lowest BCUT2D eigenvalue weighted by Crippen LogP contribution is -2.24. The molecule has 0 saturated carbocycles. The minimum Gasteiger partial charge on any atom is -0.497 e. The number of benzene rings is 1. The van der Waals surface area contributed by atoms with Crippen LogP contribution in [0.3, 0.4) is 0 Å². The van der Waals surface area contributed by atoms with Crippen molar-refractivity contribution >= 4 is 6.16 Å². The fraction of sp³-hybridized carbons (Fsp3) is 0.400. The first-order chi connectivity index (χ1) is 9.61. The van der Waals surface area contributed by atoms with Gasteiger partial charge in [0.2, 0.25) is 5.60 Å². The predicted octanol–water partition coefficient (Wildman–Crippen LogP) is 2.14. The van der Waals surface area contributed by atoms with Crippen LogP contribution in [-0.2, 0) is 20.8 Å². The van der Waals surface area contributed by atoms with Gasteiger partial charge in [-0.1, -0.05) is 18.1 Å². The fourth-order valence-electron chi connectivity index (χ4n) is 1.67. The van der Waals surface area contributed by atoms with E-state index in [1.165, 1.54) is 0 Å². The van der Waals surface area contributed by atoms with Gasteiger partial charge in [0.05, 0.1) is 13.7 Å². The highest BCUT2D eigenvalue weighted by atomic mass is 16.8. The Morgan fingerprint density at radius 1 is 1.35 bits per heavy atom. The molecule has 5 nitrogen and oxygen atoms in total. The molecule has 0 amide bonds. The maximum absolute atomic E-state index is 10.8. The van der Waals surface area contributed by atoms with Crippen molar-refractivity contribution in [2.45, 2.75) is 19.1 Å². The minimum atomic E-state index is -0.861. The average Bonchev–Trinajstić information content (AvgIpc) is 2.79. The van der Waals surface area contributed by atoms with Gasteiger partial charge < -0.3 is 18.9 Å². The van der Waals surface area contributed by atoms with E-state index in [9.17, 15) is 4.79 Å². The summed E-state index contributed by atoms with van der Waals surface area (Å²) >= 11 is 0. The Kier molecular flexibility index (Phi) is 4.49. The van der Waals surface area contributed by atoms with Crippen LogP contribution in [0.4, 0.5) is 4.79 Å². The lowest BCUT2D eigenvalue weighted by Gasteiger charge is -2.10. The maximum Gasteiger partial charge on any atom is 0.510 e. The van der Waals surface area contributed by atoms with E-state index in [1.807, 2.05) is 24.3 Å². The SMILES string of the molecule is COc1ccc(COCC#CC2(C)COC(=O)O2)cc1. The molecule has 1 aromatic carbocycles. The normalized spacial score (nSPS) is 20.6. The van der Waals surface area contributed by atoms with E-state index in [2.05, 4.69) is 11.8 Å². The second-order valence-corrected chi connectivity index (χ2v) is 4.51. The first-order valence-electron chi connectivity index (χ1n) is 6.18. The van der Waals surface area contributed by atoms with Crippen molar-refractivity contribution in [2.24, 2.45) is 0 Å². The second kappa shape index (κ2) is 6.31. The molecule has 0 spiro atoms. The van der Waals surface area contributed by atoms with E-state index >= 15 is 0 Å². The van der Waals surface area contributed by atoms with Gasteiger partial charge in [0.25, 0.3) is 0 Å². The van der Waals surface area contributed by atoms with E-state index in [4.69, 9.17) is 18.9 Å². The minimum absolute atomic E-state index is 0.150. The molecule has 1 aliphatic heterocycles. The van der Waals surface area contributed by atoms with E-state index in [0.717, 1.165) is 11.3 Å². The van der Waals surface area contributed by atoms with Crippen molar-refractivity contribution in [3.05, 3.63) is 29.8 Å². The largest absolute Gasteiger partial charge is 0.510 e. The van der Waals surface area contributed by atoms with Crippen LogP contribution < -0.4 is 4.74 Å². The number of ether oxygens (including phenoxy) is 4. The molecule has 0 aliphatic carbocycles. The quantitative estimate of drug-likeness (QED) is 0.479. The van der Waals surface area contributed by atoms with Crippen molar-refractivity contribution in [3.8, 4) is 17.6 Å². The van der Waals surface area contributed by atoms with Crippen LogP contribution in [0.2, 0.25) is 0 Å². The number of carbonyl (C=O) groups excluding carboxylic acids is 1. The zero-order valence-corrected chi connectivity index (χ0v) is 11.5. The van der Waals surface area contributed by atoms with E-state index in [-0.39, 0.29) is 13.2 Å². The number of rotatable bonds is 4. The Hall–Kier alpha value is -2.19. The molecule has 1 aliphatic rings. The summed E-state index contributed by atoms with van der Waals surface area (Å²) < 4.78 is 20.1. The predicted molar refractivity (Wildman–Crippen MR) is 71.3 cm³/mol. The molecule has 0 N–H and O–H groups in total. The molecule has 2 rings (SSSR count). The zero-order chi connectivity index (χ0) is 14.4. The summed E-state index contributed by atoms with van der Waals surface area (Å²) in [6.45, 7) is 2.58. The highest BCUT2D eigenvalue weighted by molar-refractivity contribution is 5.63. The standard InChI is InChI=1S/C15H16O5/c1-15(11-19-14(16)20-15)8-3-9-18-10-12-4-6-13(17-2)7-5-12/h4-7H,9-11H2,1-2H3. The lowest BCUT2D eigenvalue weighted by atomic mass is 10.1. The summed E-state index contributed by atoms with van der Waals surface area (Å²) in [5, 5.41) is 0. The number of cyclic esters (lactones) is 2. The Morgan fingerprint density at radius 2 is 2.10 bits per heavy atom. The van der Waals surface area contributed by atoms with Crippen LogP contribution in [0, 0.1) is 11.8 Å². The van der Waals surface area contributed by atoms with Gasteiger partial charge in [0, 0.05) is 0 Å². The molecule has 20 heavy (non-hydrogen) atoms. The third-order valence-electron chi connectivity index (χ3n) is 2.73. The van der Waals surface area contributed by atoms with Crippen molar-refractivity contribution in [3.63, 3.8) is 0 Å². The van der Waals surface area contributed by atoms with Crippen LogP contribution >= 0.6 is 0 Å². The van der Waals surface area contributed by atoms with Gasteiger partial charge in [0.15, 0.2) is 0 Å². The summed E-state index contributed by atoms with van der Waals surface area (Å²) in [4.78, 5) is 10.8. The summed E-state index contributed by atoms with van der Waals surface area (Å²) in [6, 6.07) is 7.61. The van der Waals surface area contributed by atoms with Crippen LogP contribution in [0.25, 0.3) is 0 Å². The van der Waals surface area contributed by atoms with Crippen LogP contribution in [0.15, 0.2) is 24.3 Å². The summed E-state index contributed by atoms with van der Waals surface area (Å²) in [5.41, 5.74) is 0.176. The van der Waals surface area contributed by atoms with Crippen LogP contribution in [0.5, 0.6) is 5.75 Å². The number of hydrogen-bond donors (Lipinski definition) is 0. The Balaban J connectivity index is 1.75. The van der Waals surface area contributed by atoms with Crippen molar-refractivity contribution in [2.75, 3.05) is 20.3 Å². The van der Waals surface area contributed by atoms with E-state index in [1.54, 1.807) is 14.0 Å². The lowest BCUT2D eigenvalue weighted by molar-refractivity contribution is 0.103. The Morgan fingerprint density at radius 3 is 2.70 bits per heavy atom. The van der Waals surface area contributed by atoms with E-state index in [0.29, 0.717) is 6.61 Å². The van der Waals surface area contributed by atoms with Crippen LogP contribution in [-0.4, -0.2) is 32.1 Å². The monoisotopic (exact) mass is 276 g/mol. The average molecular weight is 276 g/mol. The van der Waals surface area contributed by atoms with Gasteiger partial charge in [0.1, 0.15) is 19.0 Å². The van der Waals surface area contributed by atoms with Gasteiger partial charge in [-0.15, -0.1) is 0 Å². The molecule has 1 unspecified atom stereocenters. The third kappa shape index (κ3) is 3.90. The zero-order valence-electron chi connectivity index (χ0n) is 11.5. The molecular formula is C15H16O5. The molecule has 106 valence electrons. The molecule has 5 heteroatoms.